The SMILES string of the molecule is O=C(Nc1ccc(Oc2ccccc2)cc1)c1ccc(NCc2ccncc2)nn1. The zero-order chi connectivity index (χ0) is 20.6. The normalized spacial score (nSPS) is 10.3. The smallest absolute Gasteiger partial charge is 0.276 e. The molecular formula is C23H19N5O2. The Kier molecular flexibility index (Phi) is 5.91. The maximum Gasteiger partial charge on any atom is 0.276 e. The van der Waals surface area contributed by atoms with Crippen molar-refractivity contribution in [3.8, 4) is 11.5 Å². The molecular weight excluding hydrogens is 378 g/mol. The van der Waals surface area contributed by atoms with Crippen LogP contribution in [0.2, 0.25) is 0 Å². The van der Waals surface area contributed by atoms with E-state index in [2.05, 4.69) is 25.8 Å². The summed E-state index contributed by atoms with van der Waals surface area (Å²) in [6, 6.07) is 23.8. The lowest BCUT2D eigenvalue weighted by Crippen LogP contribution is -2.14. The Hall–Kier alpha value is -4.26. The van der Waals surface area contributed by atoms with Gasteiger partial charge in [0.15, 0.2) is 5.69 Å². The zero-order valence-electron chi connectivity index (χ0n) is 16.0. The number of hydrogen-bond donors (Lipinski definition) is 2. The lowest BCUT2D eigenvalue weighted by Gasteiger charge is -2.08. The second-order valence-electron chi connectivity index (χ2n) is 6.41. The van der Waals surface area contributed by atoms with Crippen LogP contribution in [0.5, 0.6) is 11.5 Å². The molecule has 0 atom stereocenters. The largest absolute Gasteiger partial charge is 0.457 e. The number of benzene rings is 2. The molecule has 0 fully saturated rings. The molecule has 0 spiro atoms. The first kappa shape index (κ1) is 19.1. The predicted octanol–water partition coefficient (Wildman–Crippen LogP) is 4.53. The first-order chi connectivity index (χ1) is 14.8. The summed E-state index contributed by atoms with van der Waals surface area (Å²) in [6.07, 6.45) is 3.47. The van der Waals surface area contributed by atoms with Gasteiger partial charge in [-0.2, -0.15) is 0 Å². The molecule has 0 radical (unpaired) electrons. The maximum absolute atomic E-state index is 12.4. The Morgan fingerprint density at radius 3 is 2.23 bits per heavy atom. The van der Waals surface area contributed by atoms with E-state index in [9.17, 15) is 4.79 Å². The minimum absolute atomic E-state index is 0.231. The van der Waals surface area contributed by atoms with Gasteiger partial charge in [-0.15, -0.1) is 10.2 Å². The highest BCUT2D eigenvalue weighted by molar-refractivity contribution is 6.02. The van der Waals surface area contributed by atoms with E-state index in [-0.39, 0.29) is 11.6 Å². The summed E-state index contributed by atoms with van der Waals surface area (Å²) in [7, 11) is 0. The van der Waals surface area contributed by atoms with Crippen molar-refractivity contribution in [2.24, 2.45) is 0 Å². The summed E-state index contributed by atoms with van der Waals surface area (Å²) < 4.78 is 5.75. The monoisotopic (exact) mass is 397 g/mol. The third-order valence-electron chi connectivity index (χ3n) is 4.21. The number of aromatic nitrogens is 3. The Morgan fingerprint density at radius 1 is 0.800 bits per heavy atom. The van der Waals surface area contributed by atoms with Crippen molar-refractivity contribution in [2.75, 3.05) is 10.6 Å². The molecule has 0 unspecified atom stereocenters. The first-order valence-corrected chi connectivity index (χ1v) is 9.37. The molecule has 7 heteroatoms. The van der Waals surface area contributed by atoms with E-state index in [0.717, 1.165) is 11.3 Å². The van der Waals surface area contributed by atoms with Crippen LogP contribution in [-0.4, -0.2) is 21.1 Å². The molecule has 2 N–H and O–H groups in total. The third kappa shape index (κ3) is 5.17. The molecule has 1 amide bonds. The van der Waals surface area contributed by atoms with Gasteiger partial charge >= 0.3 is 0 Å². The minimum Gasteiger partial charge on any atom is -0.457 e. The highest BCUT2D eigenvalue weighted by Crippen LogP contribution is 2.22. The van der Waals surface area contributed by atoms with Crippen LogP contribution in [-0.2, 0) is 6.54 Å². The number of carbonyl (C=O) groups excluding carboxylic acids is 1. The second kappa shape index (κ2) is 9.29. The van der Waals surface area contributed by atoms with Crippen molar-refractivity contribution in [3.05, 3.63) is 103 Å². The fraction of sp³-hybridized carbons (Fsp3) is 0.0435. The fourth-order valence-corrected chi connectivity index (χ4v) is 2.67. The number of pyridine rings is 1. The number of carbonyl (C=O) groups is 1. The number of ether oxygens (including phenoxy) is 1. The lowest BCUT2D eigenvalue weighted by atomic mass is 10.2. The predicted molar refractivity (Wildman–Crippen MR) is 115 cm³/mol. The van der Waals surface area contributed by atoms with E-state index in [1.807, 2.05) is 42.5 Å². The zero-order valence-corrected chi connectivity index (χ0v) is 16.0. The molecule has 4 rings (SSSR count). The molecule has 0 aliphatic rings. The van der Waals surface area contributed by atoms with Gasteiger partial charge < -0.3 is 15.4 Å². The lowest BCUT2D eigenvalue weighted by molar-refractivity contribution is 0.102. The molecule has 0 saturated carbocycles. The molecule has 0 aliphatic carbocycles. The van der Waals surface area contributed by atoms with Crippen LogP contribution in [0.1, 0.15) is 16.1 Å². The van der Waals surface area contributed by atoms with E-state index in [4.69, 9.17) is 4.74 Å². The summed E-state index contributed by atoms with van der Waals surface area (Å²) in [5.74, 6) is 1.69. The number of hydrogen-bond acceptors (Lipinski definition) is 6. The summed E-state index contributed by atoms with van der Waals surface area (Å²) in [5.41, 5.74) is 1.95. The molecule has 0 aliphatic heterocycles. The minimum atomic E-state index is -0.333. The van der Waals surface area contributed by atoms with Crippen molar-refractivity contribution < 1.29 is 9.53 Å². The van der Waals surface area contributed by atoms with Crippen LogP contribution in [0.15, 0.2) is 91.3 Å². The van der Waals surface area contributed by atoms with Gasteiger partial charge in [0.1, 0.15) is 17.3 Å². The van der Waals surface area contributed by atoms with Gasteiger partial charge in [-0.05, 0) is 66.2 Å². The Labute approximate surface area is 173 Å². The molecule has 30 heavy (non-hydrogen) atoms. The van der Waals surface area contributed by atoms with E-state index >= 15 is 0 Å². The van der Waals surface area contributed by atoms with Crippen molar-refractivity contribution in [3.63, 3.8) is 0 Å². The standard InChI is InChI=1S/C23H19N5O2/c29-23(21-10-11-22(28-27-21)25-16-17-12-14-24-15-13-17)26-18-6-8-20(9-7-18)30-19-4-2-1-3-5-19/h1-15H,16H2,(H,25,28)(H,26,29). The van der Waals surface area contributed by atoms with Crippen molar-refractivity contribution >= 4 is 17.4 Å². The third-order valence-corrected chi connectivity index (χ3v) is 4.21. The van der Waals surface area contributed by atoms with Gasteiger partial charge in [0.25, 0.3) is 5.91 Å². The summed E-state index contributed by atoms with van der Waals surface area (Å²) in [4.78, 5) is 16.4. The summed E-state index contributed by atoms with van der Waals surface area (Å²) >= 11 is 0. The quantitative estimate of drug-likeness (QED) is 0.476. The number of para-hydroxylation sites is 1. The number of rotatable bonds is 7. The highest BCUT2D eigenvalue weighted by atomic mass is 16.5. The van der Waals surface area contributed by atoms with E-state index in [1.165, 1.54) is 0 Å². The Bertz CT molecular complexity index is 1090. The molecule has 0 bridgehead atoms. The van der Waals surface area contributed by atoms with Crippen LogP contribution >= 0.6 is 0 Å². The van der Waals surface area contributed by atoms with Crippen LogP contribution in [0.4, 0.5) is 11.5 Å². The molecule has 4 aromatic rings. The molecule has 2 aromatic heterocycles. The molecule has 0 saturated heterocycles. The Morgan fingerprint density at radius 2 is 1.53 bits per heavy atom. The average Bonchev–Trinajstić information content (AvgIpc) is 2.81. The van der Waals surface area contributed by atoms with Crippen LogP contribution in [0.3, 0.4) is 0 Å². The number of nitrogens with zero attached hydrogens (tertiary/aromatic N) is 3. The first-order valence-electron chi connectivity index (χ1n) is 9.37. The van der Waals surface area contributed by atoms with E-state index in [1.54, 1.807) is 48.8 Å². The van der Waals surface area contributed by atoms with Gasteiger partial charge in [0.05, 0.1) is 0 Å². The number of anilines is 2. The van der Waals surface area contributed by atoms with Gasteiger partial charge in [-0.25, -0.2) is 0 Å². The second-order valence-corrected chi connectivity index (χ2v) is 6.41. The average molecular weight is 397 g/mol. The van der Waals surface area contributed by atoms with Crippen LogP contribution < -0.4 is 15.4 Å². The van der Waals surface area contributed by atoms with Crippen molar-refractivity contribution in [1.82, 2.24) is 15.2 Å². The maximum atomic E-state index is 12.4. The van der Waals surface area contributed by atoms with Gasteiger partial charge in [-0.3, -0.25) is 9.78 Å². The number of amides is 1. The van der Waals surface area contributed by atoms with Crippen LogP contribution in [0.25, 0.3) is 0 Å². The fourth-order valence-electron chi connectivity index (χ4n) is 2.67. The Balaban J connectivity index is 1.32. The highest BCUT2D eigenvalue weighted by Gasteiger charge is 2.09. The van der Waals surface area contributed by atoms with Gasteiger partial charge in [-0.1, -0.05) is 18.2 Å². The molecule has 148 valence electrons. The summed E-state index contributed by atoms with van der Waals surface area (Å²) in [6.45, 7) is 0.597. The topological polar surface area (TPSA) is 89.0 Å². The summed E-state index contributed by atoms with van der Waals surface area (Å²) in [5, 5.41) is 14.0. The molecule has 7 nitrogen and oxygen atoms in total. The van der Waals surface area contributed by atoms with E-state index < -0.39 is 0 Å². The van der Waals surface area contributed by atoms with Crippen molar-refractivity contribution in [2.45, 2.75) is 6.54 Å². The molecule has 2 aromatic carbocycles. The van der Waals surface area contributed by atoms with Gasteiger partial charge in [0.2, 0.25) is 0 Å². The van der Waals surface area contributed by atoms with Gasteiger partial charge in [0, 0.05) is 24.6 Å². The van der Waals surface area contributed by atoms with E-state index in [0.29, 0.717) is 23.8 Å². The van der Waals surface area contributed by atoms with Crippen LogP contribution in [0, 0.1) is 0 Å². The van der Waals surface area contributed by atoms with Crippen molar-refractivity contribution in [1.29, 1.82) is 0 Å². The number of nitrogens with one attached hydrogen (secondary N) is 2. The molecule has 2 heterocycles.